The molecule has 96 valence electrons. The Hall–Kier alpha value is -2.15. The molecule has 0 N–H and O–H groups in total. The van der Waals surface area contributed by atoms with Gasteiger partial charge < -0.3 is 4.74 Å². The van der Waals surface area contributed by atoms with Gasteiger partial charge in [-0.05, 0) is 24.3 Å². The molecular formula is C12H7F2N3OS. The molecular weight excluding hydrogens is 272 g/mol. The second-order valence-electron chi connectivity index (χ2n) is 3.64. The highest BCUT2D eigenvalue weighted by Crippen LogP contribution is 2.23. The first-order valence-corrected chi connectivity index (χ1v) is 6.22. The van der Waals surface area contributed by atoms with Crippen LogP contribution in [0.5, 0.6) is 5.75 Å². The number of alkyl halides is 2. The van der Waals surface area contributed by atoms with E-state index in [-0.39, 0.29) is 5.75 Å². The lowest BCUT2D eigenvalue weighted by molar-refractivity contribution is -0.0498. The van der Waals surface area contributed by atoms with E-state index in [0.29, 0.717) is 11.3 Å². The van der Waals surface area contributed by atoms with Gasteiger partial charge in [-0.1, -0.05) is 0 Å². The number of ether oxygens (including phenoxy) is 1. The van der Waals surface area contributed by atoms with E-state index in [1.54, 1.807) is 23.8 Å². The summed E-state index contributed by atoms with van der Waals surface area (Å²) in [5.41, 5.74) is 3.73. The smallest absolute Gasteiger partial charge is 0.387 e. The quantitative estimate of drug-likeness (QED) is 0.737. The number of fused-ring (bicyclic) bond motifs is 1. The second kappa shape index (κ2) is 4.85. The SMILES string of the molecule is FC(F)Oc1ccc(-c2cnc3ncsc3n2)cc1. The van der Waals surface area contributed by atoms with Crippen LogP contribution < -0.4 is 4.74 Å². The molecule has 0 fully saturated rings. The number of nitrogens with zero attached hydrogens (tertiary/aromatic N) is 3. The minimum atomic E-state index is -2.82. The lowest BCUT2D eigenvalue weighted by Gasteiger charge is -2.05. The van der Waals surface area contributed by atoms with Crippen LogP contribution in [0.2, 0.25) is 0 Å². The molecule has 0 bridgehead atoms. The summed E-state index contributed by atoms with van der Waals surface area (Å²) in [6.45, 7) is -2.82. The van der Waals surface area contributed by atoms with Crippen molar-refractivity contribution in [1.82, 2.24) is 15.0 Å². The van der Waals surface area contributed by atoms with Gasteiger partial charge in [0, 0.05) is 5.56 Å². The van der Waals surface area contributed by atoms with E-state index in [9.17, 15) is 8.78 Å². The van der Waals surface area contributed by atoms with Gasteiger partial charge in [-0.3, -0.25) is 0 Å². The molecule has 2 aromatic heterocycles. The van der Waals surface area contributed by atoms with Crippen molar-refractivity contribution in [2.24, 2.45) is 0 Å². The molecule has 7 heteroatoms. The maximum absolute atomic E-state index is 12.0. The van der Waals surface area contributed by atoms with Gasteiger partial charge in [-0.2, -0.15) is 8.78 Å². The molecule has 0 saturated carbocycles. The van der Waals surface area contributed by atoms with Crippen LogP contribution in [0.25, 0.3) is 21.7 Å². The zero-order chi connectivity index (χ0) is 13.2. The normalized spacial score (nSPS) is 11.1. The predicted molar refractivity (Wildman–Crippen MR) is 67.3 cm³/mol. The third-order valence-corrected chi connectivity index (χ3v) is 3.14. The van der Waals surface area contributed by atoms with Crippen molar-refractivity contribution in [3.05, 3.63) is 36.0 Å². The molecule has 0 radical (unpaired) electrons. The number of thiazole rings is 1. The molecule has 0 atom stereocenters. The Balaban J connectivity index is 1.92. The van der Waals surface area contributed by atoms with E-state index < -0.39 is 6.61 Å². The standard InChI is InChI=1S/C12H7F2N3OS/c13-12(14)18-8-3-1-7(2-4-8)9-5-15-10-11(17-9)19-6-16-10/h1-6,12H. The monoisotopic (exact) mass is 279 g/mol. The molecule has 4 nitrogen and oxygen atoms in total. The van der Waals surface area contributed by atoms with Crippen LogP contribution in [-0.4, -0.2) is 21.6 Å². The Kier molecular flexibility index (Phi) is 3.04. The maximum Gasteiger partial charge on any atom is 0.387 e. The second-order valence-corrected chi connectivity index (χ2v) is 4.47. The van der Waals surface area contributed by atoms with Gasteiger partial charge >= 0.3 is 6.61 Å². The Bertz CT molecular complexity index is 700. The topological polar surface area (TPSA) is 47.9 Å². The molecule has 0 saturated heterocycles. The minimum absolute atomic E-state index is 0.116. The van der Waals surface area contributed by atoms with Crippen LogP contribution in [0.3, 0.4) is 0 Å². The number of hydrogen-bond donors (Lipinski definition) is 0. The van der Waals surface area contributed by atoms with Gasteiger partial charge in [0.15, 0.2) is 10.5 Å². The van der Waals surface area contributed by atoms with Crippen molar-refractivity contribution in [3.63, 3.8) is 0 Å². The zero-order valence-electron chi connectivity index (χ0n) is 9.46. The van der Waals surface area contributed by atoms with Crippen LogP contribution >= 0.6 is 11.3 Å². The van der Waals surface area contributed by atoms with Crippen molar-refractivity contribution in [2.45, 2.75) is 6.61 Å². The Labute approximate surface area is 110 Å². The first-order chi connectivity index (χ1) is 9.22. The molecule has 2 heterocycles. The van der Waals surface area contributed by atoms with E-state index >= 15 is 0 Å². The Morgan fingerprint density at radius 3 is 2.63 bits per heavy atom. The van der Waals surface area contributed by atoms with Crippen LogP contribution in [0.15, 0.2) is 36.0 Å². The maximum atomic E-state index is 12.0. The predicted octanol–water partition coefficient (Wildman–Crippen LogP) is 3.35. The Morgan fingerprint density at radius 2 is 1.89 bits per heavy atom. The average Bonchev–Trinajstić information content (AvgIpc) is 2.86. The summed E-state index contributed by atoms with van der Waals surface area (Å²) < 4.78 is 28.4. The van der Waals surface area contributed by atoms with Crippen LogP contribution in [0.1, 0.15) is 0 Å². The summed E-state index contributed by atoms with van der Waals surface area (Å²) in [6.07, 6.45) is 1.60. The van der Waals surface area contributed by atoms with E-state index in [0.717, 1.165) is 10.4 Å². The first-order valence-electron chi connectivity index (χ1n) is 5.34. The van der Waals surface area contributed by atoms with Gasteiger partial charge in [0.25, 0.3) is 0 Å². The molecule has 0 spiro atoms. The molecule has 0 unspecified atom stereocenters. The van der Waals surface area contributed by atoms with Gasteiger partial charge in [0.1, 0.15) is 5.75 Å². The lowest BCUT2D eigenvalue weighted by Crippen LogP contribution is -2.01. The summed E-state index contributed by atoms with van der Waals surface area (Å²) in [5, 5.41) is 0. The van der Waals surface area contributed by atoms with Gasteiger partial charge in [-0.25, -0.2) is 15.0 Å². The molecule has 0 aliphatic rings. The minimum Gasteiger partial charge on any atom is -0.435 e. The third-order valence-electron chi connectivity index (χ3n) is 2.44. The highest BCUT2D eigenvalue weighted by molar-refractivity contribution is 7.16. The van der Waals surface area contributed by atoms with Crippen LogP contribution in [0, 0.1) is 0 Å². The highest BCUT2D eigenvalue weighted by atomic mass is 32.1. The molecule has 0 aliphatic heterocycles. The molecule has 3 aromatic rings. The number of aromatic nitrogens is 3. The summed E-state index contributed by atoms with van der Waals surface area (Å²) >= 11 is 1.40. The summed E-state index contributed by atoms with van der Waals surface area (Å²) in [4.78, 5) is 13.4. The summed E-state index contributed by atoms with van der Waals surface area (Å²) in [7, 11) is 0. The summed E-state index contributed by atoms with van der Waals surface area (Å²) in [5.74, 6) is 0.116. The van der Waals surface area contributed by atoms with Gasteiger partial charge in [-0.15, -0.1) is 11.3 Å². The Morgan fingerprint density at radius 1 is 1.11 bits per heavy atom. The van der Waals surface area contributed by atoms with E-state index in [1.165, 1.54) is 23.5 Å². The summed E-state index contributed by atoms with van der Waals surface area (Å²) in [6, 6.07) is 6.27. The first kappa shape index (κ1) is 11.9. The number of hydrogen-bond acceptors (Lipinski definition) is 5. The van der Waals surface area contributed by atoms with Crippen molar-refractivity contribution in [3.8, 4) is 17.0 Å². The van der Waals surface area contributed by atoms with Gasteiger partial charge in [0.2, 0.25) is 0 Å². The van der Waals surface area contributed by atoms with Crippen LogP contribution in [0.4, 0.5) is 8.78 Å². The fourth-order valence-corrected chi connectivity index (χ4v) is 2.22. The van der Waals surface area contributed by atoms with Crippen molar-refractivity contribution >= 4 is 21.8 Å². The fourth-order valence-electron chi connectivity index (χ4n) is 1.61. The fraction of sp³-hybridized carbons (Fsp3) is 0.0833. The molecule has 1 aromatic carbocycles. The number of rotatable bonds is 3. The average molecular weight is 279 g/mol. The molecule has 3 rings (SSSR count). The number of halogens is 2. The van der Waals surface area contributed by atoms with E-state index in [4.69, 9.17) is 0 Å². The van der Waals surface area contributed by atoms with Crippen molar-refractivity contribution in [1.29, 1.82) is 0 Å². The van der Waals surface area contributed by atoms with Crippen molar-refractivity contribution in [2.75, 3.05) is 0 Å². The number of benzene rings is 1. The van der Waals surface area contributed by atoms with Crippen molar-refractivity contribution < 1.29 is 13.5 Å². The van der Waals surface area contributed by atoms with Crippen LogP contribution in [-0.2, 0) is 0 Å². The third kappa shape index (κ3) is 2.50. The highest BCUT2D eigenvalue weighted by Gasteiger charge is 2.07. The lowest BCUT2D eigenvalue weighted by atomic mass is 10.1. The molecule has 19 heavy (non-hydrogen) atoms. The molecule has 0 aliphatic carbocycles. The van der Waals surface area contributed by atoms with E-state index in [2.05, 4.69) is 19.7 Å². The molecule has 0 amide bonds. The largest absolute Gasteiger partial charge is 0.435 e. The zero-order valence-corrected chi connectivity index (χ0v) is 10.3. The van der Waals surface area contributed by atoms with E-state index in [1.807, 2.05) is 0 Å². The van der Waals surface area contributed by atoms with Gasteiger partial charge in [0.05, 0.1) is 17.4 Å².